The Balaban J connectivity index is 1.44. The third kappa shape index (κ3) is 3.11. The number of methoxy groups -OCH3 is 1. The molecule has 0 amide bonds. The zero-order chi connectivity index (χ0) is 20.9. The van der Waals surface area contributed by atoms with Crippen molar-refractivity contribution in [2.24, 2.45) is 5.10 Å². The smallest absolute Gasteiger partial charge is 0.231 e. The molecular formula is C24H19BrN2O4. The Morgan fingerprint density at radius 2 is 1.87 bits per heavy atom. The molecule has 2 unspecified atom stereocenters. The van der Waals surface area contributed by atoms with E-state index in [9.17, 15) is 0 Å². The summed E-state index contributed by atoms with van der Waals surface area (Å²) in [6.07, 6.45) is 0.424. The van der Waals surface area contributed by atoms with Gasteiger partial charge in [-0.25, -0.2) is 5.01 Å². The molecule has 31 heavy (non-hydrogen) atoms. The van der Waals surface area contributed by atoms with Crippen LogP contribution in [0.2, 0.25) is 0 Å². The first-order chi connectivity index (χ1) is 15.2. The summed E-state index contributed by atoms with van der Waals surface area (Å²) in [5.74, 6) is 3.19. The van der Waals surface area contributed by atoms with E-state index in [2.05, 4.69) is 27.0 Å². The number of hydrazone groups is 1. The lowest BCUT2D eigenvalue weighted by Gasteiger charge is -2.38. The summed E-state index contributed by atoms with van der Waals surface area (Å²) in [6.45, 7) is 0.257. The molecule has 6 nitrogen and oxygen atoms in total. The summed E-state index contributed by atoms with van der Waals surface area (Å²) >= 11 is 3.60. The summed E-state index contributed by atoms with van der Waals surface area (Å²) < 4.78 is 23.9. The van der Waals surface area contributed by atoms with Gasteiger partial charge in [-0.15, -0.1) is 0 Å². The van der Waals surface area contributed by atoms with Gasteiger partial charge in [-0.05, 0) is 48.5 Å². The summed E-state index contributed by atoms with van der Waals surface area (Å²) in [4.78, 5) is 0. The van der Waals surface area contributed by atoms with Crippen molar-refractivity contribution < 1.29 is 18.9 Å². The molecule has 3 aliphatic rings. The van der Waals surface area contributed by atoms with Gasteiger partial charge in [0.25, 0.3) is 0 Å². The standard InChI is InChI=1S/C24H19BrN2O4/c1-28-17-4-2-3-15(9-17)24-27-20(18-11-16(25)6-8-21(18)31-24)12-19(26-27)14-5-7-22-23(10-14)30-13-29-22/h2-11,20,24H,12-13H2,1H3. The van der Waals surface area contributed by atoms with Gasteiger partial charge in [-0.1, -0.05) is 28.1 Å². The third-order valence-corrected chi connectivity index (χ3v) is 6.33. The molecule has 3 aromatic carbocycles. The largest absolute Gasteiger partial charge is 0.497 e. The highest BCUT2D eigenvalue weighted by atomic mass is 79.9. The first-order valence-corrected chi connectivity index (χ1v) is 10.8. The molecule has 0 saturated carbocycles. The van der Waals surface area contributed by atoms with Crippen molar-refractivity contribution in [3.8, 4) is 23.0 Å². The normalized spacial score (nSPS) is 20.6. The van der Waals surface area contributed by atoms with Gasteiger partial charge in [0.05, 0.1) is 18.9 Å². The predicted molar refractivity (Wildman–Crippen MR) is 119 cm³/mol. The van der Waals surface area contributed by atoms with Crippen molar-refractivity contribution in [1.29, 1.82) is 0 Å². The van der Waals surface area contributed by atoms with Gasteiger partial charge < -0.3 is 18.9 Å². The van der Waals surface area contributed by atoms with Gasteiger partial charge >= 0.3 is 0 Å². The summed E-state index contributed by atoms with van der Waals surface area (Å²) in [5.41, 5.74) is 4.13. The lowest BCUT2D eigenvalue weighted by atomic mass is 9.95. The molecule has 6 rings (SSSR count). The average molecular weight is 479 g/mol. The minimum absolute atomic E-state index is 0.0675. The molecule has 7 heteroatoms. The third-order valence-electron chi connectivity index (χ3n) is 5.84. The summed E-state index contributed by atoms with van der Waals surface area (Å²) in [7, 11) is 1.67. The highest BCUT2D eigenvalue weighted by Gasteiger charge is 2.41. The van der Waals surface area contributed by atoms with Crippen molar-refractivity contribution in [2.45, 2.75) is 18.7 Å². The van der Waals surface area contributed by atoms with Crippen molar-refractivity contribution in [3.63, 3.8) is 0 Å². The highest BCUT2D eigenvalue weighted by molar-refractivity contribution is 9.10. The number of nitrogens with zero attached hydrogens (tertiary/aromatic N) is 2. The lowest BCUT2D eigenvalue weighted by molar-refractivity contribution is -0.0191. The second kappa shape index (κ2) is 7.20. The number of benzene rings is 3. The molecule has 0 radical (unpaired) electrons. The highest BCUT2D eigenvalue weighted by Crippen LogP contribution is 2.48. The second-order valence-corrected chi connectivity index (χ2v) is 8.56. The topological polar surface area (TPSA) is 52.5 Å². The van der Waals surface area contributed by atoms with Crippen LogP contribution >= 0.6 is 15.9 Å². The van der Waals surface area contributed by atoms with Crippen molar-refractivity contribution >= 4 is 21.6 Å². The quantitative estimate of drug-likeness (QED) is 0.502. The van der Waals surface area contributed by atoms with Crippen molar-refractivity contribution in [1.82, 2.24) is 5.01 Å². The minimum atomic E-state index is -0.347. The average Bonchev–Trinajstić information content (AvgIpc) is 3.45. The molecule has 156 valence electrons. The first kappa shape index (κ1) is 18.6. The molecule has 3 aromatic rings. The monoisotopic (exact) mass is 478 g/mol. The molecule has 0 aliphatic carbocycles. The minimum Gasteiger partial charge on any atom is -0.497 e. The zero-order valence-electron chi connectivity index (χ0n) is 16.7. The van der Waals surface area contributed by atoms with Crippen LogP contribution in [-0.2, 0) is 0 Å². The summed E-state index contributed by atoms with van der Waals surface area (Å²) in [6, 6.07) is 20.1. The lowest BCUT2D eigenvalue weighted by Crippen LogP contribution is -2.33. The van der Waals surface area contributed by atoms with E-state index in [0.29, 0.717) is 0 Å². The Hall–Kier alpha value is -3.19. The molecule has 0 fully saturated rings. The van der Waals surface area contributed by atoms with Gasteiger partial charge in [0.1, 0.15) is 11.5 Å². The van der Waals surface area contributed by atoms with E-state index in [-0.39, 0.29) is 19.1 Å². The van der Waals surface area contributed by atoms with Crippen LogP contribution in [0.4, 0.5) is 0 Å². The molecule has 2 atom stereocenters. The van der Waals surface area contributed by atoms with Crippen LogP contribution in [-0.4, -0.2) is 24.6 Å². The molecular weight excluding hydrogens is 460 g/mol. The maximum absolute atomic E-state index is 6.44. The van der Waals surface area contributed by atoms with Crippen LogP contribution in [0, 0.1) is 0 Å². The van der Waals surface area contributed by atoms with Crippen LogP contribution in [0.15, 0.2) is 70.2 Å². The molecule has 0 aromatic heterocycles. The fraction of sp³-hybridized carbons (Fsp3) is 0.208. The maximum atomic E-state index is 6.44. The SMILES string of the molecule is COc1cccc(C2Oc3ccc(Br)cc3C3CC(c4ccc5c(c4)OCO5)=NN32)c1. The molecule has 0 N–H and O–H groups in total. The van der Waals surface area contributed by atoms with Crippen LogP contribution < -0.4 is 18.9 Å². The maximum Gasteiger partial charge on any atom is 0.231 e. The number of ether oxygens (including phenoxy) is 4. The Labute approximate surface area is 188 Å². The zero-order valence-corrected chi connectivity index (χ0v) is 18.3. The fourth-order valence-electron chi connectivity index (χ4n) is 4.32. The second-order valence-electron chi connectivity index (χ2n) is 7.64. The molecule has 0 spiro atoms. The van der Waals surface area contributed by atoms with Gasteiger partial charge in [0.15, 0.2) is 11.5 Å². The predicted octanol–water partition coefficient (Wildman–Crippen LogP) is 5.43. The van der Waals surface area contributed by atoms with E-state index >= 15 is 0 Å². The molecule has 3 aliphatic heterocycles. The molecule has 0 bridgehead atoms. The summed E-state index contributed by atoms with van der Waals surface area (Å²) in [5, 5.41) is 7.08. The van der Waals surface area contributed by atoms with E-state index in [1.54, 1.807) is 7.11 Å². The Morgan fingerprint density at radius 1 is 1.00 bits per heavy atom. The van der Waals surface area contributed by atoms with Crippen LogP contribution in [0.5, 0.6) is 23.0 Å². The van der Waals surface area contributed by atoms with Crippen molar-refractivity contribution in [2.75, 3.05) is 13.9 Å². The van der Waals surface area contributed by atoms with Crippen LogP contribution in [0.25, 0.3) is 0 Å². The Kier molecular flexibility index (Phi) is 4.31. The Bertz CT molecular complexity index is 1210. The first-order valence-electron chi connectivity index (χ1n) is 10.1. The van der Waals surface area contributed by atoms with E-state index in [0.717, 1.165) is 56.3 Å². The molecule has 3 heterocycles. The number of rotatable bonds is 3. The number of hydrogen-bond acceptors (Lipinski definition) is 6. The van der Waals surface area contributed by atoms with Gasteiger partial charge in [-0.2, -0.15) is 5.10 Å². The van der Waals surface area contributed by atoms with E-state index in [4.69, 9.17) is 24.0 Å². The van der Waals surface area contributed by atoms with Gasteiger partial charge in [0.2, 0.25) is 13.0 Å². The van der Waals surface area contributed by atoms with Crippen LogP contribution in [0.1, 0.15) is 35.4 Å². The van der Waals surface area contributed by atoms with E-state index in [1.807, 2.05) is 54.6 Å². The van der Waals surface area contributed by atoms with E-state index in [1.165, 1.54) is 0 Å². The Morgan fingerprint density at radius 3 is 2.77 bits per heavy atom. The van der Waals surface area contributed by atoms with Gasteiger partial charge in [0, 0.05) is 27.6 Å². The van der Waals surface area contributed by atoms with E-state index < -0.39 is 0 Å². The number of halogens is 1. The van der Waals surface area contributed by atoms with Crippen LogP contribution in [0.3, 0.4) is 0 Å². The fourth-order valence-corrected chi connectivity index (χ4v) is 4.70. The van der Waals surface area contributed by atoms with Crippen molar-refractivity contribution in [3.05, 3.63) is 81.8 Å². The number of fused-ring (bicyclic) bond motifs is 4. The molecule has 0 saturated heterocycles. The van der Waals surface area contributed by atoms with Gasteiger partial charge in [-0.3, -0.25) is 0 Å². The number of hydrogen-bond donors (Lipinski definition) is 0.